The number of pyridine rings is 1. The predicted octanol–water partition coefficient (Wildman–Crippen LogP) is 7.75. The molecule has 2 aliphatic heterocycles. The minimum Gasteiger partial charge on any atom is -0.403 e. The summed E-state index contributed by atoms with van der Waals surface area (Å²) in [6.07, 6.45) is -4.89. The summed E-state index contributed by atoms with van der Waals surface area (Å²) >= 11 is 0. The Balaban J connectivity index is 1.36. The number of anilines is 3. The maximum Gasteiger partial charge on any atom is 0.573 e. The molecule has 1 unspecified atom stereocenters. The molecule has 46 heavy (non-hydrogen) atoms. The van der Waals surface area contributed by atoms with Gasteiger partial charge < -0.3 is 9.64 Å². The number of carbonyl (C=O) groups is 1. The highest BCUT2D eigenvalue weighted by atomic mass is 19.4. The molecule has 0 N–H and O–H groups in total. The van der Waals surface area contributed by atoms with Crippen LogP contribution in [-0.2, 0) is 26.3 Å². The van der Waals surface area contributed by atoms with Crippen LogP contribution in [0.25, 0.3) is 0 Å². The average molecular weight is 649 g/mol. The zero-order chi connectivity index (χ0) is 32.8. The van der Waals surface area contributed by atoms with Gasteiger partial charge in [-0.25, -0.2) is 9.18 Å². The lowest BCUT2D eigenvalue weighted by atomic mass is 9.97. The summed E-state index contributed by atoms with van der Waals surface area (Å²) in [7, 11) is 1.64. The summed E-state index contributed by atoms with van der Waals surface area (Å²) < 4.78 is 102. The molecule has 6 rings (SSSR count). The second-order valence-electron chi connectivity index (χ2n) is 11.0. The highest BCUT2D eigenvalue weighted by Crippen LogP contribution is 2.43. The standard InChI is InChI=1S/C31H27F7N6O2/c1-41-16-20-18-43(29(45)44(28(20)40-41)17-19-7-2-3-8-22(19)30(33,34)35)21-12-13-39-24(15-21)25-10-4-5-14-42(25)27-23(32)9-6-11-26(27)46-31(36,37)38/h2-3,6-9,11-13,15-16,25H,4-5,10,14,17-18H2,1H3. The van der Waals surface area contributed by atoms with Crippen molar-refractivity contribution in [2.75, 3.05) is 21.2 Å². The van der Waals surface area contributed by atoms with Crippen LogP contribution in [-0.4, -0.2) is 33.7 Å². The van der Waals surface area contributed by atoms with Crippen LogP contribution in [0, 0.1) is 5.82 Å². The molecule has 0 spiro atoms. The highest BCUT2D eigenvalue weighted by molar-refractivity contribution is 6.05. The molecule has 4 heterocycles. The van der Waals surface area contributed by atoms with E-state index < -0.39 is 48.3 Å². The fourth-order valence-electron chi connectivity index (χ4n) is 6.06. The normalized spacial score (nSPS) is 17.3. The molecule has 8 nitrogen and oxygen atoms in total. The largest absolute Gasteiger partial charge is 0.573 e. The summed E-state index contributed by atoms with van der Waals surface area (Å²) in [5, 5.41) is 4.34. The van der Waals surface area contributed by atoms with Crippen molar-refractivity contribution in [2.24, 2.45) is 7.05 Å². The molecule has 0 bridgehead atoms. The molecular formula is C31H27F7N6O2. The highest BCUT2D eigenvalue weighted by Gasteiger charge is 2.39. The molecule has 0 saturated carbocycles. The van der Waals surface area contributed by atoms with E-state index in [4.69, 9.17) is 0 Å². The summed E-state index contributed by atoms with van der Waals surface area (Å²) in [5.41, 5.74) is -0.0220. The first-order chi connectivity index (χ1) is 21.8. The number of amides is 2. The number of para-hydroxylation sites is 1. The maximum atomic E-state index is 15.1. The molecule has 2 aromatic heterocycles. The van der Waals surface area contributed by atoms with Gasteiger partial charge in [0.05, 0.1) is 30.4 Å². The summed E-state index contributed by atoms with van der Waals surface area (Å²) in [6, 6.07) is 10.1. The van der Waals surface area contributed by atoms with E-state index in [0.29, 0.717) is 36.2 Å². The van der Waals surface area contributed by atoms with Gasteiger partial charge in [0.1, 0.15) is 11.5 Å². The molecule has 1 fully saturated rings. The van der Waals surface area contributed by atoms with Crippen LogP contribution >= 0.6 is 0 Å². The molecule has 1 saturated heterocycles. The number of hydrogen-bond donors (Lipinski definition) is 0. The van der Waals surface area contributed by atoms with Gasteiger partial charge in [0.2, 0.25) is 0 Å². The number of hydrogen-bond acceptors (Lipinski definition) is 5. The third-order valence-corrected chi connectivity index (χ3v) is 7.96. The number of nitrogens with zero attached hydrogens (tertiary/aromatic N) is 6. The van der Waals surface area contributed by atoms with E-state index in [1.165, 1.54) is 43.8 Å². The zero-order valence-corrected chi connectivity index (χ0v) is 24.3. The number of halogens is 7. The van der Waals surface area contributed by atoms with Crippen LogP contribution < -0.4 is 19.4 Å². The zero-order valence-electron chi connectivity index (χ0n) is 24.3. The third kappa shape index (κ3) is 6.17. The first kappa shape index (κ1) is 31.2. The van der Waals surface area contributed by atoms with Crippen molar-refractivity contribution in [3.63, 3.8) is 0 Å². The van der Waals surface area contributed by atoms with Crippen LogP contribution in [0.4, 0.5) is 52.7 Å². The second-order valence-corrected chi connectivity index (χ2v) is 11.0. The van der Waals surface area contributed by atoms with Crippen molar-refractivity contribution in [2.45, 2.75) is 50.9 Å². The molecule has 242 valence electrons. The second kappa shape index (κ2) is 11.8. The molecule has 4 aromatic rings. The Labute approximate surface area is 258 Å². The molecule has 2 aromatic carbocycles. The lowest BCUT2D eigenvalue weighted by Gasteiger charge is -2.39. The predicted molar refractivity (Wildman–Crippen MR) is 154 cm³/mol. The van der Waals surface area contributed by atoms with E-state index in [2.05, 4.69) is 14.8 Å². The molecule has 1 atom stereocenters. The van der Waals surface area contributed by atoms with Gasteiger partial charge in [-0.15, -0.1) is 13.2 Å². The van der Waals surface area contributed by atoms with Crippen LogP contribution in [0.2, 0.25) is 0 Å². The third-order valence-electron chi connectivity index (χ3n) is 7.96. The number of piperidine rings is 1. The molecule has 0 radical (unpaired) electrons. The van der Waals surface area contributed by atoms with Gasteiger partial charge in [-0.3, -0.25) is 19.5 Å². The molecule has 2 aliphatic rings. The van der Waals surface area contributed by atoms with E-state index in [1.807, 2.05) is 0 Å². The van der Waals surface area contributed by atoms with E-state index in [9.17, 15) is 31.1 Å². The van der Waals surface area contributed by atoms with Gasteiger partial charge in [0.15, 0.2) is 11.6 Å². The smallest absolute Gasteiger partial charge is 0.403 e. The monoisotopic (exact) mass is 648 g/mol. The number of benzene rings is 2. The molecule has 15 heteroatoms. The first-order valence-corrected chi connectivity index (χ1v) is 14.3. The number of rotatable bonds is 6. The van der Waals surface area contributed by atoms with Gasteiger partial charge in [-0.2, -0.15) is 18.3 Å². The molecular weight excluding hydrogens is 621 g/mol. The van der Waals surface area contributed by atoms with E-state index in [0.717, 1.165) is 24.3 Å². The molecule has 2 amide bonds. The Hall–Kier alpha value is -4.82. The van der Waals surface area contributed by atoms with Gasteiger partial charge in [0.25, 0.3) is 0 Å². The van der Waals surface area contributed by atoms with Crippen molar-refractivity contribution < 1.29 is 40.3 Å². The average Bonchev–Trinajstić information content (AvgIpc) is 3.37. The van der Waals surface area contributed by atoms with Crippen LogP contribution in [0.5, 0.6) is 5.75 Å². The maximum absolute atomic E-state index is 15.1. The Morgan fingerprint density at radius 1 is 1.00 bits per heavy atom. The number of alkyl halides is 6. The van der Waals surface area contributed by atoms with Crippen LogP contribution in [0.15, 0.2) is 67.0 Å². The van der Waals surface area contributed by atoms with Crippen molar-refractivity contribution in [3.05, 3.63) is 95.2 Å². The van der Waals surface area contributed by atoms with Crippen molar-refractivity contribution >= 4 is 23.2 Å². The Morgan fingerprint density at radius 3 is 2.54 bits per heavy atom. The quantitative estimate of drug-likeness (QED) is 0.200. The molecule has 0 aliphatic carbocycles. The number of aryl methyl sites for hydroxylation is 1. The Kier molecular flexibility index (Phi) is 8.02. The number of aromatic nitrogens is 3. The Bertz CT molecular complexity index is 1760. The van der Waals surface area contributed by atoms with E-state index in [1.54, 1.807) is 25.4 Å². The van der Waals surface area contributed by atoms with Crippen LogP contribution in [0.3, 0.4) is 0 Å². The SMILES string of the molecule is Cn1cc2c(n1)N(Cc1ccccc1C(F)(F)F)C(=O)N(c1ccnc(C3CCCCN3c3c(F)cccc3OC(F)(F)F)c1)C2. The Morgan fingerprint density at radius 2 is 1.78 bits per heavy atom. The van der Waals surface area contributed by atoms with Crippen molar-refractivity contribution in [1.29, 1.82) is 0 Å². The lowest BCUT2D eigenvalue weighted by Crippen LogP contribution is -2.47. The fourth-order valence-corrected chi connectivity index (χ4v) is 6.06. The number of ether oxygens (including phenoxy) is 1. The number of carbonyl (C=O) groups excluding carboxylic acids is 1. The fraction of sp³-hybridized carbons (Fsp3) is 0.323. The van der Waals surface area contributed by atoms with E-state index in [-0.39, 0.29) is 30.2 Å². The minimum atomic E-state index is -5.04. The number of urea groups is 1. The van der Waals surface area contributed by atoms with Gasteiger partial charge in [0, 0.05) is 37.2 Å². The van der Waals surface area contributed by atoms with E-state index >= 15 is 4.39 Å². The van der Waals surface area contributed by atoms with Gasteiger partial charge in [-0.05, 0) is 55.2 Å². The lowest BCUT2D eigenvalue weighted by molar-refractivity contribution is -0.274. The number of fused-ring (bicyclic) bond motifs is 1. The summed E-state index contributed by atoms with van der Waals surface area (Å²) in [6.45, 7) is -0.132. The van der Waals surface area contributed by atoms with Crippen molar-refractivity contribution in [3.8, 4) is 5.75 Å². The van der Waals surface area contributed by atoms with Gasteiger partial charge in [-0.1, -0.05) is 24.3 Å². The topological polar surface area (TPSA) is 66.7 Å². The minimum absolute atomic E-state index is 0.0497. The first-order valence-electron chi connectivity index (χ1n) is 14.3. The van der Waals surface area contributed by atoms with Crippen molar-refractivity contribution in [1.82, 2.24) is 14.8 Å². The van der Waals surface area contributed by atoms with Gasteiger partial charge >= 0.3 is 18.6 Å². The summed E-state index contributed by atoms with van der Waals surface area (Å²) in [4.78, 5) is 22.5. The summed E-state index contributed by atoms with van der Waals surface area (Å²) in [5.74, 6) is -1.35. The van der Waals surface area contributed by atoms with Crippen LogP contribution in [0.1, 0.15) is 47.7 Å².